The van der Waals surface area contributed by atoms with E-state index in [1.54, 1.807) is 12.1 Å². The van der Waals surface area contributed by atoms with Gasteiger partial charge in [-0.3, -0.25) is 4.79 Å². The molecular weight excluding hydrogens is 312 g/mol. The molecule has 0 aliphatic carbocycles. The van der Waals surface area contributed by atoms with E-state index in [-0.39, 0.29) is 5.56 Å². The second-order valence-electron chi connectivity index (χ2n) is 6.10. The molecule has 0 aromatic heterocycles. The summed E-state index contributed by atoms with van der Waals surface area (Å²) in [6.45, 7) is 4.10. The Morgan fingerprint density at radius 3 is 1.64 bits per heavy atom. The maximum atomic E-state index is 11.0. The molecule has 0 amide bonds. The van der Waals surface area contributed by atoms with E-state index in [1.165, 1.54) is 0 Å². The van der Waals surface area contributed by atoms with E-state index >= 15 is 0 Å². The summed E-state index contributed by atoms with van der Waals surface area (Å²) in [5.74, 6) is -0.923. The number of aromatic carboxylic acids is 1. The molecule has 0 fully saturated rings. The van der Waals surface area contributed by atoms with Crippen molar-refractivity contribution in [1.82, 2.24) is 0 Å². The molecule has 3 aromatic carbocycles. The largest absolute Gasteiger partial charge is 0.478 e. The fraction of sp³-hybridized carbons (Fsp3) is 0.0909. The third kappa shape index (κ3) is 3.36. The summed E-state index contributed by atoms with van der Waals surface area (Å²) in [5.41, 5.74) is 7.46. The minimum atomic E-state index is -0.923. The van der Waals surface area contributed by atoms with Crippen LogP contribution in [0.3, 0.4) is 0 Å². The molecule has 25 heavy (non-hydrogen) atoms. The Morgan fingerprint density at radius 1 is 0.800 bits per heavy atom. The summed E-state index contributed by atoms with van der Waals surface area (Å²) in [6, 6.07) is 18.7. The van der Waals surface area contributed by atoms with Crippen molar-refractivity contribution in [3.05, 3.63) is 82.9 Å². The molecule has 0 heterocycles. The molecule has 0 saturated heterocycles. The van der Waals surface area contributed by atoms with Crippen LogP contribution in [0, 0.1) is 13.8 Å². The summed E-state index contributed by atoms with van der Waals surface area (Å²) in [6.07, 6.45) is 0.839. The van der Waals surface area contributed by atoms with Crippen molar-refractivity contribution in [2.75, 3.05) is 0 Å². The molecule has 0 aliphatic heterocycles. The summed E-state index contributed by atoms with van der Waals surface area (Å²) in [5, 5.41) is 9.02. The Labute approximate surface area is 146 Å². The first-order valence-corrected chi connectivity index (χ1v) is 8.00. The Hall–Kier alpha value is -3.20. The van der Waals surface area contributed by atoms with Gasteiger partial charge in [-0.25, -0.2) is 4.79 Å². The van der Waals surface area contributed by atoms with Crippen molar-refractivity contribution in [1.29, 1.82) is 0 Å². The minimum absolute atomic E-state index is 0.282. The number of benzene rings is 3. The highest BCUT2D eigenvalue weighted by atomic mass is 16.4. The number of aldehydes is 1. The van der Waals surface area contributed by atoms with Crippen LogP contribution in [0.1, 0.15) is 31.8 Å². The van der Waals surface area contributed by atoms with Crippen LogP contribution in [0.25, 0.3) is 22.3 Å². The van der Waals surface area contributed by atoms with Crippen LogP contribution in [0.15, 0.2) is 60.7 Å². The highest BCUT2D eigenvalue weighted by Crippen LogP contribution is 2.32. The molecule has 3 heteroatoms. The molecule has 0 aliphatic rings. The number of aryl methyl sites for hydroxylation is 2. The zero-order chi connectivity index (χ0) is 18.0. The van der Waals surface area contributed by atoms with E-state index in [0.717, 1.165) is 39.7 Å². The molecule has 0 saturated carbocycles. The maximum Gasteiger partial charge on any atom is 0.335 e. The monoisotopic (exact) mass is 330 g/mol. The van der Waals surface area contributed by atoms with Crippen LogP contribution in [0.5, 0.6) is 0 Å². The van der Waals surface area contributed by atoms with Gasteiger partial charge in [0.25, 0.3) is 0 Å². The van der Waals surface area contributed by atoms with Gasteiger partial charge in [-0.1, -0.05) is 48.5 Å². The van der Waals surface area contributed by atoms with Crippen molar-refractivity contribution >= 4 is 12.3 Å². The fourth-order valence-corrected chi connectivity index (χ4v) is 2.97. The Balaban J connectivity index is 2.02. The third-order valence-corrected chi connectivity index (χ3v) is 4.37. The molecule has 0 radical (unpaired) electrons. The molecule has 0 spiro atoms. The van der Waals surface area contributed by atoms with Gasteiger partial charge >= 0.3 is 5.97 Å². The molecular formula is C22H18O3. The lowest BCUT2D eigenvalue weighted by Gasteiger charge is -2.13. The maximum absolute atomic E-state index is 11.0. The van der Waals surface area contributed by atoms with Crippen LogP contribution in [0.4, 0.5) is 0 Å². The number of carboxylic acids is 1. The zero-order valence-electron chi connectivity index (χ0n) is 14.1. The first-order chi connectivity index (χ1) is 12.0. The Bertz CT molecular complexity index is 936. The number of carbonyl (C=O) groups excluding carboxylic acids is 1. The quantitative estimate of drug-likeness (QED) is 0.673. The zero-order valence-corrected chi connectivity index (χ0v) is 14.1. The normalized spacial score (nSPS) is 10.5. The van der Waals surface area contributed by atoms with E-state index < -0.39 is 5.97 Å². The highest BCUT2D eigenvalue weighted by Gasteiger charge is 2.10. The number of carbonyl (C=O) groups is 2. The molecule has 0 bridgehead atoms. The lowest BCUT2D eigenvalue weighted by atomic mass is 9.91. The van der Waals surface area contributed by atoms with Crippen LogP contribution in [0.2, 0.25) is 0 Å². The summed E-state index contributed by atoms with van der Waals surface area (Å²) >= 11 is 0. The standard InChI is InChI=1S/C22H18O3/c1-14-12-21(18-7-9-19(10-8-18)22(24)25)15(2)11-20(14)17-5-3-16(13-23)4-6-17/h3-13H,1-2H3,(H,24,25). The Morgan fingerprint density at radius 2 is 1.24 bits per heavy atom. The first-order valence-electron chi connectivity index (χ1n) is 8.00. The van der Waals surface area contributed by atoms with E-state index in [0.29, 0.717) is 5.56 Å². The number of hydrogen-bond acceptors (Lipinski definition) is 2. The van der Waals surface area contributed by atoms with E-state index in [1.807, 2.05) is 43.3 Å². The van der Waals surface area contributed by atoms with Crippen LogP contribution >= 0.6 is 0 Å². The molecule has 0 atom stereocenters. The predicted octanol–water partition coefficient (Wildman–Crippen LogP) is 5.15. The van der Waals surface area contributed by atoms with E-state index in [2.05, 4.69) is 19.1 Å². The van der Waals surface area contributed by atoms with Gasteiger partial charge < -0.3 is 5.11 Å². The van der Waals surface area contributed by atoms with Crippen molar-refractivity contribution in [2.45, 2.75) is 13.8 Å². The number of carboxylic acid groups (broad SMARTS) is 1. The molecule has 124 valence electrons. The SMILES string of the molecule is Cc1cc(-c2ccc(C(=O)O)cc2)c(C)cc1-c1ccc(C=O)cc1. The number of hydrogen-bond donors (Lipinski definition) is 1. The number of rotatable bonds is 4. The van der Waals surface area contributed by atoms with Gasteiger partial charge in [0.1, 0.15) is 6.29 Å². The smallest absolute Gasteiger partial charge is 0.335 e. The second kappa shape index (κ2) is 6.73. The van der Waals surface area contributed by atoms with Crippen LogP contribution in [-0.2, 0) is 0 Å². The predicted molar refractivity (Wildman–Crippen MR) is 99.1 cm³/mol. The van der Waals surface area contributed by atoms with E-state index in [9.17, 15) is 9.59 Å². The molecule has 0 unspecified atom stereocenters. The average molecular weight is 330 g/mol. The van der Waals surface area contributed by atoms with Crippen LogP contribution in [-0.4, -0.2) is 17.4 Å². The van der Waals surface area contributed by atoms with Crippen molar-refractivity contribution < 1.29 is 14.7 Å². The van der Waals surface area contributed by atoms with Gasteiger partial charge in [-0.2, -0.15) is 0 Å². The fourth-order valence-electron chi connectivity index (χ4n) is 2.97. The van der Waals surface area contributed by atoms with E-state index in [4.69, 9.17) is 5.11 Å². The summed E-state index contributed by atoms with van der Waals surface area (Å²) in [7, 11) is 0. The first kappa shape index (κ1) is 16.7. The van der Waals surface area contributed by atoms with Gasteiger partial charge in [0.2, 0.25) is 0 Å². The van der Waals surface area contributed by atoms with Gasteiger partial charge in [0.05, 0.1) is 5.56 Å². The van der Waals surface area contributed by atoms with Crippen LogP contribution < -0.4 is 0 Å². The lowest BCUT2D eigenvalue weighted by Crippen LogP contribution is -1.96. The molecule has 3 rings (SSSR count). The third-order valence-electron chi connectivity index (χ3n) is 4.37. The molecule has 3 aromatic rings. The average Bonchev–Trinajstić information content (AvgIpc) is 2.63. The second-order valence-corrected chi connectivity index (χ2v) is 6.10. The highest BCUT2D eigenvalue weighted by molar-refractivity contribution is 5.88. The van der Waals surface area contributed by atoms with Crippen molar-refractivity contribution in [3.8, 4) is 22.3 Å². The summed E-state index contributed by atoms with van der Waals surface area (Å²) in [4.78, 5) is 21.8. The molecule has 3 nitrogen and oxygen atoms in total. The van der Waals surface area contributed by atoms with Crippen molar-refractivity contribution in [2.24, 2.45) is 0 Å². The van der Waals surface area contributed by atoms with Gasteiger partial charge in [0.15, 0.2) is 0 Å². The van der Waals surface area contributed by atoms with Crippen molar-refractivity contribution in [3.63, 3.8) is 0 Å². The summed E-state index contributed by atoms with van der Waals surface area (Å²) < 4.78 is 0. The minimum Gasteiger partial charge on any atom is -0.478 e. The topological polar surface area (TPSA) is 54.4 Å². The van der Waals surface area contributed by atoms with Gasteiger partial charge in [-0.05, 0) is 59.4 Å². The molecule has 1 N–H and O–H groups in total. The lowest BCUT2D eigenvalue weighted by molar-refractivity contribution is 0.0696. The van der Waals surface area contributed by atoms with Gasteiger partial charge in [0, 0.05) is 5.56 Å². The van der Waals surface area contributed by atoms with Gasteiger partial charge in [-0.15, -0.1) is 0 Å². The Kier molecular flexibility index (Phi) is 4.48.